The van der Waals surface area contributed by atoms with Crippen molar-refractivity contribution in [1.29, 1.82) is 0 Å². The second-order valence-corrected chi connectivity index (χ2v) is 7.83. The average molecular weight is 382 g/mol. The Balaban J connectivity index is 1.44. The minimum absolute atomic E-state index is 0.0423. The second-order valence-electron chi connectivity index (χ2n) is 7.83. The van der Waals surface area contributed by atoms with Gasteiger partial charge < -0.3 is 14.2 Å². The molecule has 1 saturated heterocycles. The van der Waals surface area contributed by atoms with E-state index < -0.39 is 11.6 Å². The smallest absolute Gasteiger partial charge is 0.200 e. The first-order valence-electron chi connectivity index (χ1n) is 10.4. The largest absolute Gasteiger partial charge is 0.491 e. The number of hydrogen-bond acceptors (Lipinski definition) is 3. The SMILES string of the molecule is CCOc1ccc(COC2CCC(C3CCC(CC)OC3)CC2)c(F)c1F. The van der Waals surface area contributed by atoms with Crippen LogP contribution in [-0.2, 0) is 16.1 Å². The zero-order chi connectivity index (χ0) is 19.2. The molecule has 5 heteroatoms. The van der Waals surface area contributed by atoms with Crippen LogP contribution in [0.3, 0.4) is 0 Å². The van der Waals surface area contributed by atoms with E-state index in [1.807, 2.05) is 0 Å². The van der Waals surface area contributed by atoms with Gasteiger partial charge in [0.25, 0.3) is 0 Å². The third kappa shape index (κ3) is 5.20. The molecule has 1 saturated carbocycles. The summed E-state index contributed by atoms with van der Waals surface area (Å²) in [6.45, 7) is 5.24. The van der Waals surface area contributed by atoms with E-state index in [9.17, 15) is 8.78 Å². The molecule has 3 nitrogen and oxygen atoms in total. The van der Waals surface area contributed by atoms with E-state index in [2.05, 4.69) is 6.92 Å². The number of rotatable bonds is 7. The molecule has 1 aliphatic heterocycles. The fourth-order valence-electron chi connectivity index (χ4n) is 4.40. The number of benzene rings is 1. The van der Waals surface area contributed by atoms with Gasteiger partial charge in [0.05, 0.1) is 32.0 Å². The maximum absolute atomic E-state index is 14.2. The van der Waals surface area contributed by atoms with Crippen molar-refractivity contribution in [3.8, 4) is 5.75 Å². The Morgan fingerprint density at radius 3 is 2.33 bits per heavy atom. The minimum Gasteiger partial charge on any atom is -0.491 e. The van der Waals surface area contributed by atoms with Crippen LogP contribution in [-0.4, -0.2) is 25.4 Å². The first kappa shape index (κ1) is 20.5. The van der Waals surface area contributed by atoms with Crippen LogP contribution in [0.2, 0.25) is 0 Å². The third-order valence-electron chi connectivity index (χ3n) is 6.15. The van der Waals surface area contributed by atoms with Gasteiger partial charge in [0.1, 0.15) is 0 Å². The number of halogens is 2. The number of hydrogen-bond donors (Lipinski definition) is 0. The molecular weight excluding hydrogens is 350 g/mol. The molecule has 1 aliphatic carbocycles. The molecule has 1 aromatic rings. The molecule has 3 rings (SSSR count). The molecule has 152 valence electrons. The summed E-state index contributed by atoms with van der Waals surface area (Å²) in [7, 11) is 0. The Morgan fingerprint density at radius 1 is 0.963 bits per heavy atom. The van der Waals surface area contributed by atoms with Gasteiger partial charge >= 0.3 is 0 Å². The highest BCUT2D eigenvalue weighted by Gasteiger charge is 2.31. The lowest BCUT2D eigenvalue weighted by atomic mass is 9.76. The van der Waals surface area contributed by atoms with Crippen LogP contribution in [0.25, 0.3) is 0 Å². The van der Waals surface area contributed by atoms with Crippen molar-refractivity contribution in [2.24, 2.45) is 11.8 Å². The predicted molar refractivity (Wildman–Crippen MR) is 101 cm³/mol. The molecule has 0 N–H and O–H groups in total. The molecule has 27 heavy (non-hydrogen) atoms. The molecule has 2 aliphatic rings. The van der Waals surface area contributed by atoms with Crippen LogP contribution in [0, 0.1) is 23.5 Å². The lowest BCUT2D eigenvalue weighted by Gasteiger charge is -2.37. The van der Waals surface area contributed by atoms with Crippen molar-refractivity contribution < 1.29 is 23.0 Å². The summed E-state index contributed by atoms with van der Waals surface area (Å²) in [6.07, 6.45) is 8.37. The van der Waals surface area contributed by atoms with Gasteiger partial charge in [0, 0.05) is 5.56 Å². The molecule has 1 aromatic carbocycles. The fraction of sp³-hybridized carbons (Fsp3) is 0.727. The van der Waals surface area contributed by atoms with E-state index in [4.69, 9.17) is 14.2 Å². The Morgan fingerprint density at radius 2 is 1.70 bits per heavy atom. The van der Waals surface area contributed by atoms with Crippen molar-refractivity contribution in [1.82, 2.24) is 0 Å². The van der Waals surface area contributed by atoms with E-state index in [0.717, 1.165) is 38.7 Å². The Kier molecular flexibility index (Phi) is 7.48. The quantitative estimate of drug-likeness (QED) is 0.610. The first-order chi connectivity index (χ1) is 13.1. The van der Waals surface area contributed by atoms with Crippen molar-refractivity contribution >= 4 is 0 Å². The first-order valence-corrected chi connectivity index (χ1v) is 10.4. The molecule has 1 heterocycles. The van der Waals surface area contributed by atoms with Gasteiger partial charge in [-0.05, 0) is 75.8 Å². The van der Waals surface area contributed by atoms with Gasteiger partial charge in [-0.2, -0.15) is 4.39 Å². The average Bonchev–Trinajstić information content (AvgIpc) is 2.71. The van der Waals surface area contributed by atoms with Crippen molar-refractivity contribution in [2.45, 2.75) is 77.6 Å². The van der Waals surface area contributed by atoms with Gasteiger partial charge in [-0.1, -0.05) is 6.92 Å². The lowest BCUT2D eigenvalue weighted by Crippen LogP contribution is -2.33. The zero-order valence-electron chi connectivity index (χ0n) is 16.5. The summed E-state index contributed by atoms with van der Waals surface area (Å²) in [5.41, 5.74) is 0.254. The van der Waals surface area contributed by atoms with E-state index in [1.165, 1.54) is 18.9 Å². The third-order valence-corrected chi connectivity index (χ3v) is 6.15. The summed E-state index contributed by atoms with van der Waals surface area (Å²) in [5.74, 6) is -0.447. The van der Waals surface area contributed by atoms with Crippen LogP contribution in [0.15, 0.2) is 12.1 Å². The molecule has 2 unspecified atom stereocenters. The van der Waals surface area contributed by atoms with Crippen LogP contribution in [0.4, 0.5) is 8.78 Å². The normalized spacial score (nSPS) is 28.9. The maximum Gasteiger partial charge on any atom is 0.200 e. The molecule has 2 fully saturated rings. The predicted octanol–water partition coefficient (Wildman–Crippen LogP) is 5.64. The summed E-state index contributed by atoms with van der Waals surface area (Å²) in [4.78, 5) is 0. The fourth-order valence-corrected chi connectivity index (χ4v) is 4.40. The monoisotopic (exact) mass is 382 g/mol. The van der Waals surface area contributed by atoms with Crippen LogP contribution < -0.4 is 4.74 Å². The molecule has 0 aromatic heterocycles. The Bertz CT molecular complexity index is 591. The van der Waals surface area contributed by atoms with E-state index in [-0.39, 0.29) is 24.0 Å². The summed E-state index contributed by atoms with van der Waals surface area (Å²) in [5, 5.41) is 0. The topological polar surface area (TPSA) is 27.7 Å². The molecule has 0 bridgehead atoms. The Hall–Kier alpha value is -1.20. The highest BCUT2D eigenvalue weighted by molar-refractivity contribution is 5.30. The summed E-state index contributed by atoms with van der Waals surface area (Å²) < 4.78 is 45.1. The van der Waals surface area contributed by atoms with Crippen molar-refractivity contribution in [3.05, 3.63) is 29.3 Å². The zero-order valence-corrected chi connectivity index (χ0v) is 16.5. The van der Waals surface area contributed by atoms with E-state index in [1.54, 1.807) is 13.0 Å². The maximum atomic E-state index is 14.2. The standard InChI is InChI=1S/C22H32F2O3/c1-3-18-9-7-16(13-26-18)15-5-10-19(11-6-15)27-14-17-8-12-20(25-4-2)22(24)21(17)23/h8,12,15-16,18-19H,3-7,9-11,13-14H2,1-2H3. The lowest BCUT2D eigenvalue weighted by molar-refractivity contribution is -0.0521. The second kappa shape index (κ2) is 9.83. The van der Waals surface area contributed by atoms with Crippen LogP contribution >= 0.6 is 0 Å². The summed E-state index contributed by atoms with van der Waals surface area (Å²) >= 11 is 0. The highest BCUT2D eigenvalue weighted by atomic mass is 19.2. The molecule has 0 amide bonds. The van der Waals surface area contributed by atoms with Crippen molar-refractivity contribution in [2.75, 3.05) is 13.2 Å². The van der Waals surface area contributed by atoms with E-state index >= 15 is 0 Å². The summed E-state index contributed by atoms with van der Waals surface area (Å²) in [6, 6.07) is 3.03. The van der Waals surface area contributed by atoms with Crippen molar-refractivity contribution in [3.63, 3.8) is 0 Å². The van der Waals surface area contributed by atoms with Gasteiger partial charge in [0.2, 0.25) is 5.82 Å². The van der Waals surface area contributed by atoms with Gasteiger partial charge in [0.15, 0.2) is 11.6 Å². The molecule has 2 atom stereocenters. The molecule has 0 spiro atoms. The minimum atomic E-state index is -0.927. The van der Waals surface area contributed by atoms with Gasteiger partial charge in [-0.15, -0.1) is 0 Å². The highest BCUT2D eigenvalue weighted by Crippen LogP contribution is 2.37. The van der Waals surface area contributed by atoms with Crippen LogP contribution in [0.1, 0.15) is 64.4 Å². The van der Waals surface area contributed by atoms with Gasteiger partial charge in [-0.3, -0.25) is 0 Å². The van der Waals surface area contributed by atoms with E-state index in [0.29, 0.717) is 24.5 Å². The van der Waals surface area contributed by atoms with Gasteiger partial charge in [-0.25, -0.2) is 4.39 Å². The molecular formula is C22H32F2O3. The van der Waals surface area contributed by atoms with Crippen LogP contribution in [0.5, 0.6) is 5.75 Å². The molecule has 0 radical (unpaired) electrons. The number of ether oxygens (including phenoxy) is 3. The Labute approximate surface area is 161 Å².